The lowest BCUT2D eigenvalue weighted by Gasteiger charge is -2.26. The molecule has 0 bridgehead atoms. The Morgan fingerprint density at radius 2 is 1.79 bits per heavy atom. The second kappa shape index (κ2) is 10.7. The number of likely N-dealkylation sites (tertiary alicyclic amines) is 1. The highest BCUT2D eigenvalue weighted by molar-refractivity contribution is 7.98. The Morgan fingerprint density at radius 1 is 1.06 bits per heavy atom. The number of nitrogens with zero attached hydrogens (tertiary/aromatic N) is 1. The fraction of sp³-hybridized carbons (Fsp3) is 0.320. The molecule has 8 heteroatoms. The van der Waals surface area contributed by atoms with Crippen molar-refractivity contribution in [3.8, 4) is 0 Å². The van der Waals surface area contributed by atoms with Crippen LogP contribution >= 0.6 is 11.8 Å². The molecule has 1 aliphatic heterocycles. The van der Waals surface area contributed by atoms with E-state index in [1.807, 2.05) is 54.8 Å². The standard InChI is InChI=1S/C25H30F2N4OS/c1-17(22(28)18-8-4-3-5-9-18)21(23(29)31-14-7-12-25(26,27)13-15-31)24(32)30-19-10-6-11-20(16-19)33-2/h3-6,8-11,16H,7,12-15,28-29H2,1-2H3,(H,30,32)/b22-17-,23-21-. The van der Waals surface area contributed by atoms with Crippen molar-refractivity contribution in [2.75, 3.05) is 24.7 Å². The maximum Gasteiger partial charge on any atom is 0.259 e. The lowest BCUT2D eigenvalue weighted by atomic mass is 9.99. The Morgan fingerprint density at radius 3 is 2.48 bits per heavy atom. The van der Waals surface area contributed by atoms with E-state index in [4.69, 9.17) is 11.5 Å². The van der Waals surface area contributed by atoms with Gasteiger partial charge in [0.15, 0.2) is 0 Å². The van der Waals surface area contributed by atoms with E-state index >= 15 is 0 Å². The Bertz CT molecular complexity index is 1050. The van der Waals surface area contributed by atoms with Crippen LogP contribution in [0.4, 0.5) is 14.5 Å². The number of alkyl halides is 2. The largest absolute Gasteiger partial charge is 0.398 e. The summed E-state index contributed by atoms with van der Waals surface area (Å²) >= 11 is 1.56. The van der Waals surface area contributed by atoms with Gasteiger partial charge in [-0.2, -0.15) is 0 Å². The van der Waals surface area contributed by atoms with E-state index in [0.29, 0.717) is 23.5 Å². The number of carbonyl (C=O) groups is 1. The van der Waals surface area contributed by atoms with Gasteiger partial charge in [-0.1, -0.05) is 36.4 Å². The normalized spacial score (nSPS) is 17.5. The minimum atomic E-state index is -2.73. The van der Waals surface area contributed by atoms with Crippen molar-refractivity contribution >= 4 is 29.1 Å². The SMILES string of the molecule is CSc1cccc(NC(=O)C(/C(C)=C(\N)c2ccccc2)=C(/N)N2CCCC(F)(F)CC2)c1. The minimum absolute atomic E-state index is 0.0656. The van der Waals surface area contributed by atoms with Gasteiger partial charge in [0.05, 0.1) is 5.57 Å². The van der Waals surface area contributed by atoms with Crippen LogP contribution in [0.25, 0.3) is 5.70 Å². The number of benzene rings is 2. The molecule has 3 rings (SSSR count). The molecule has 2 aromatic carbocycles. The molecule has 5 N–H and O–H groups in total. The fourth-order valence-corrected chi connectivity index (χ4v) is 4.26. The molecule has 0 unspecified atom stereocenters. The van der Waals surface area contributed by atoms with Crippen LogP contribution in [-0.2, 0) is 4.79 Å². The van der Waals surface area contributed by atoms with E-state index in [2.05, 4.69) is 5.32 Å². The molecule has 5 nitrogen and oxygen atoms in total. The molecule has 1 aliphatic rings. The van der Waals surface area contributed by atoms with Gasteiger partial charge < -0.3 is 21.7 Å². The number of hydrogen-bond acceptors (Lipinski definition) is 5. The van der Waals surface area contributed by atoms with Gasteiger partial charge >= 0.3 is 0 Å². The van der Waals surface area contributed by atoms with Crippen LogP contribution in [0, 0.1) is 0 Å². The Labute approximate surface area is 197 Å². The first-order valence-corrected chi connectivity index (χ1v) is 12.0. The second-order valence-electron chi connectivity index (χ2n) is 8.05. The van der Waals surface area contributed by atoms with Gasteiger partial charge in [0, 0.05) is 42.2 Å². The summed E-state index contributed by atoms with van der Waals surface area (Å²) in [4.78, 5) is 16.1. The summed E-state index contributed by atoms with van der Waals surface area (Å²) in [6.07, 6.45) is 1.73. The van der Waals surface area contributed by atoms with Crippen LogP contribution in [0.2, 0.25) is 0 Å². The number of nitrogens with two attached hydrogens (primary N) is 2. The third-order valence-corrected chi connectivity index (χ3v) is 6.46. The van der Waals surface area contributed by atoms with Gasteiger partial charge in [0.1, 0.15) is 5.82 Å². The van der Waals surface area contributed by atoms with Crippen molar-refractivity contribution in [3.63, 3.8) is 0 Å². The van der Waals surface area contributed by atoms with Crippen molar-refractivity contribution in [2.45, 2.75) is 37.0 Å². The molecule has 0 radical (unpaired) electrons. The minimum Gasteiger partial charge on any atom is -0.398 e. The van der Waals surface area contributed by atoms with Gasteiger partial charge in [-0.15, -0.1) is 11.8 Å². The molecule has 0 spiro atoms. The molecule has 33 heavy (non-hydrogen) atoms. The van der Waals surface area contributed by atoms with Gasteiger partial charge in [-0.05, 0) is 48.9 Å². The molecular formula is C25H30F2N4OS. The van der Waals surface area contributed by atoms with Gasteiger partial charge in [-0.3, -0.25) is 4.79 Å². The Kier molecular flexibility index (Phi) is 8.02. The third kappa shape index (κ3) is 6.28. The first-order chi connectivity index (χ1) is 15.7. The van der Waals surface area contributed by atoms with E-state index in [-0.39, 0.29) is 37.2 Å². The molecule has 1 heterocycles. The first-order valence-electron chi connectivity index (χ1n) is 10.8. The topological polar surface area (TPSA) is 84.4 Å². The number of hydrogen-bond donors (Lipinski definition) is 3. The van der Waals surface area contributed by atoms with Crippen molar-refractivity contribution in [1.82, 2.24) is 4.90 Å². The predicted molar refractivity (Wildman–Crippen MR) is 132 cm³/mol. The summed E-state index contributed by atoms with van der Waals surface area (Å²) in [6, 6.07) is 16.7. The Balaban J connectivity index is 2.03. The number of rotatable bonds is 6. The maximum absolute atomic E-state index is 13.9. The van der Waals surface area contributed by atoms with Gasteiger partial charge in [-0.25, -0.2) is 8.78 Å². The summed E-state index contributed by atoms with van der Waals surface area (Å²) in [5, 5.41) is 2.90. The van der Waals surface area contributed by atoms with E-state index in [9.17, 15) is 13.6 Å². The summed E-state index contributed by atoms with van der Waals surface area (Å²) < 4.78 is 27.9. The summed E-state index contributed by atoms with van der Waals surface area (Å²) in [6.45, 7) is 2.14. The second-order valence-corrected chi connectivity index (χ2v) is 8.93. The Hall–Kier alpha value is -3.00. The van der Waals surface area contributed by atoms with E-state index in [1.165, 1.54) is 0 Å². The zero-order chi connectivity index (χ0) is 24.0. The fourth-order valence-electron chi connectivity index (χ4n) is 3.80. The average molecular weight is 473 g/mol. The van der Waals surface area contributed by atoms with Crippen LogP contribution in [-0.4, -0.2) is 36.1 Å². The van der Waals surface area contributed by atoms with E-state index < -0.39 is 11.8 Å². The van der Waals surface area contributed by atoms with E-state index in [1.54, 1.807) is 29.7 Å². The summed E-state index contributed by atoms with van der Waals surface area (Å²) in [5.41, 5.74) is 15.4. The lowest BCUT2D eigenvalue weighted by Crippen LogP contribution is -2.34. The number of anilines is 1. The van der Waals surface area contributed by atoms with Crippen molar-refractivity contribution < 1.29 is 13.6 Å². The molecule has 0 aliphatic carbocycles. The molecule has 2 aromatic rings. The van der Waals surface area contributed by atoms with Crippen LogP contribution in [0.5, 0.6) is 0 Å². The third-order valence-electron chi connectivity index (χ3n) is 5.73. The van der Waals surface area contributed by atoms with E-state index in [0.717, 1.165) is 10.5 Å². The van der Waals surface area contributed by atoms with Crippen molar-refractivity contribution in [2.24, 2.45) is 11.5 Å². The quantitative estimate of drug-likeness (QED) is 0.312. The zero-order valence-corrected chi connectivity index (χ0v) is 19.7. The van der Waals surface area contributed by atoms with Gasteiger partial charge in [0.25, 0.3) is 5.91 Å². The molecule has 0 saturated carbocycles. The highest BCUT2D eigenvalue weighted by atomic mass is 32.2. The molecule has 1 amide bonds. The molecule has 0 atom stereocenters. The van der Waals surface area contributed by atoms with Crippen molar-refractivity contribution in [3.05, 3.63) is 77.1 Å². The molecule has 0 aromatic heterocycles. The summed E-state index contributed by atoms with van der Waals surface area (Å²) in [7, 11) is 0. The number of amides is 1. The zero-order valence-electron chi connectivity index (χ0n) is 18.9. The van der Waals surface area contributed by atoms with Crippen LogP contribution in [0.1, 0.15) is 31.7 Å². The van der Waals surface area contributed by atoms with Gasteiger partial charge in [0.2, 0.25) is 5.92 Å². The molecule has 1 saturated heterocycles. The highest BCUT2D eigenvalue weighted by Crippen LogP contribution is 2.30. The predicted octanol–water partition coefficient (Wildman–Crippen LogP) is 5.03. The van der Waals surface area contributed by atoms with Crippen LogP contribution in [0.3, 0.4) is 0 Å². The molecular weight excluding hydrogens is 442 g/mol. The number of halogens is 2. The average Bonchev–Trinajstić information content (AvgIpc) is 2.99. The number of nitrogens with one attached hydrogen (secondary N) is 1. The van der Waals surface area contributed by atoms with Crippen LogP contribution < -0.4 is 16.8 Å². The molecule has 1 fully saturated rings. The lowest BCUT2D eigenvalue weighted by molar-refractivity contribution is -0.112. The monoisotopic (exact) mass is 472 g/mol. The number of carbonyl (C=O) groups excluding carboxylic acids is 1. The number of thioether (sulfide) groups is 1. The first kappa shape index (κ1) is 24.6. The highest BCUT2D eigenvalue weighted by Gasteiger charge is 2.33. The van der Waals surface area contributed by atoms with Crippen molar-refractivity contribution in [1.29, 1.82) is 0 Å². The summed E-state index contributed by atoms with van der Waals surface area (Å²) in [5.74, 6) is -3.01. The maximum atomic E-state index is 13.9. The van der Waals surface area contributed by atoms with Crippen LogP contribution in [0.15, 0.2) is 76.5 Å². The molecule has 176 valence electrons. The smallest absolute Gasteiger partial charge is 0.259 e.